The number of fused-ring (bicyclic) bond motifs is 1. The highest BCUT2D eigenvalue weighted by Gasteiger charge is 2.10. The minimum atomic E-state index is 0.413. The van der Waals surface area contributed by atoms with Crippen molar-refractivity contribution in [1.29, 1.82) is 0 Å². The molecule has 0 amide bonds. The summed E-state index contributed by atoms with van der Waals surface area (Å²) >= 11 is 0. The first-order valence-electron chi connectivity index (χ1n) is 6.24. The average Bonchev–Trinajstić information content (AvgIpc) is 2.76. The van der Waals surface area contributed by atoms with Crippen molar-refractivity contribution in [3.63, 3.8) is 0 Å². The van der Waals surface area contributed by atoms with Crippen LogP contribution < -0.4 is 0 Å². The molecule has 0 aliphatic carbocycles. The van der Waals surface area contributed by atoms with Gasteiger partial charge in [0.2, 0.25) is 0 Å². The lowest BCUT2D eigenvalue weighted by molar-refractivity contribution is 0.110. The predicted octanol–water partition coefficient (Wildman–Crippen LogP) is 4.53. The van der Waals surface area contributed by atoms with Crippen molar-refractivity contribution < 1.29 is 9.21 Å². The van der Waals surface area contributed by atoms with Gasteiger partial charge in [-0.1, -0.05) is 42.0 Å². The number of aldehydes is 1. The van der Waals surface area contributed by atoms with Crippen molar-refractivity contribution in [2.45, 2.75) is 13.8 Å². The number of hydrogen-bond donors (Lipinski definition) is 0. The minimum absolute atomic E-state index is 0.413. The van der Waals surface area contributed by atoms with E-state index in [1.54, 1.807) is 0 Å². The Labute approximate surface area is 111 Å². The number of benzene rings is 2. The summed E-state index contributed by atoms with van der Waals surface area (Å²) in [6.07, 6.45) is 0.765. The van der Waals surface area contributed by atoms with E-state index in [0.717, 1.165) is 33.9 Å². The molecule has 0 aliphatic rings. The summed E-state index contributed by atoms with van der Waals surface area (Å²) < 4.78 is 5.57. The van der Waals surface area contributed by atoms with Gasteiger partial charge in [0.05, 0.1) is 0 Å². The van der Waals surface area contributed by atoms with E-state index in [9.17, 15) is 4.79 Å². The van der Waals surface area contributed by atoms with Crippen molar-refractivity contribution in [1.82, 2.24) is 0 Å². The Bertz CT molecular complexity index is 749. The smallest absolute Gasteiger partial charge is 0.185 e. The van der Waals surface area contributed by atoms with Gasteiger partial charge < -0.3 is 4.42 Å². The SMILES string of the molecule is Cc1ccc(-c2ccc3c(C)c(C=O)oc3c2)cc1. The van der Waals surface area contributed by atoms with Crippen molar-refractivity contribution >= 4 is 17.3 Å². The van der Waals surface area contributed by atoms with Crippen LogP contribution in [0.25, 0.3) is 22.1 Å². The molecule has 2 heteroatoms. The van der Waals surface area contributed by atoms with Crippen LogP contribution in [0.2, 0.25) is 0 Å². The van der Waals surface area contributed by atoms with Gasteiger partial charge in [-0.15, -0.1) is 0 Å². The van der Waals surface area contributed by atoms with E-state index in [1.165, 1.54) is 5.56 Å². The lowest BCUT2D eigenvalue weighted by Gasteiger charge is -2.02. The largest absolute Gasteiger partial charge is 0.453 e. The third-order valence-electron chi connectivity index (χ3n) is 3.47. The Kier molecular flexibility index (Phi) is 2.71. The summed E-state index contributed by atoms with van der Waals surface area (Å²) in [5.74, 6) is 0.413. The second-order valence-corrected chi connectivity index (χ2v) is 4.79. The van der Waals surface area contributed by atoms with Gasteiger partial charge in [-0.05, 0) is 31.0 Å². The van der Waals surface area contributed by atoms with Gasteiger partial charge >= 0.3 is 0 Å². The van der Waals surface area contributed by atoms with Gasteiger partial charge in [-0.2, -0.15) is 0 Å². The average molecular weight is 250 g/mol. The third-order valence-corrected chi connectivity index (χ3v) is 3.47. The van der Waals surface area contributed by atoms with Gasteiger partial charge in [-0.3, -0.25) is 4.79 Å². The summed E-state index contributed by atoms with van der Waals surface area (Å²) in [5, 5.41) is 0.998. The monoisotopic (exact) mass is 250 g/mol. The zero-order chi connectivity index (χ0) is 13.4. The second-order valence-electron chi connectivity index (χ2n) is 4.79. The quantitative estimate of drug-likeness (QED) is 0.625. The Morgan fingerprint density at radius 3 is 2.32 bits per heavy atom. The molecule has 0 unspecified atom stereocenters. The molecule has 0 saturated carbocycles. The first-order valence-corrected chi connectivity index (χ1v) is 6.24. The van der Waals surface area contributed by atoms with Gasteiger partial charge in [0.25, 0.3) is 0 Å². The first-order chi connectivity index (χ1) is 9.19. The predicted molar refractivity (Wildman–Crippen MR) is 76.5 cm³/mol. The third kappa shape index (κ3) is 1.95. The molecule has 0 atom stereocenters. The number of carbonyl (C=O) groups is 1. The molecule has 0 radical (unpaired) electrons. The van der Waals surface area contributed by atoms with E-state index in [2.05, 4.69) is 37.3 Å². The molecule has 1 heterocycles. The van der Waals surface area contributed by atoms with Gasteiger partial charge in [0.15, 0.2) is 12.0 Å². The molecule has 2 aromatic carbocycles. The van der Waals surface area contributed by atoms with E-state index in [1.807, 2.05) is 19.1 Å². The van der Waals surface area contributed by atoms with Crippen LogP contribution in [0.3, 0.4) is 0 Å². The lowest BCUT2D eigenvalue weighted by Crippen LogP contribution is -1.79. The molecule has 0 spiro atoms. The molecule has 0 saturated heterocycles. The maximum absolute atomic E-state index is 10.9. The first kappa shape index (κ1) is 11.7. The molecule has 3 aromatic rings. The summed E-state index contributed by atoms with van der Waals surface area (Å²) in [6.45, 7) is 3.97. The molecule has 0 aliphatic heterocycles. The fraction of sp³-hybridized carbons (Fsp3) is 0.118. The highest BCUT2D eigenvalue weighted by molar-refractivity contribution is 5.91. The summed E-state index contributed by atoms with van der Waals surface area (Å²) in [4.78, 5) is 10.9. The molecule has 2 nitrogen and oxygen atoms in total. The summed E-state index contributed by atoms with van der Waals surface area (Å²) in [5.41, 5.74) is 5.15. The van der Waals surface area contributed by atoms with Crippen LogP contribution in [-0.4, -0.2) is 6.29 Å². The van der Waals surface area contributed by atoms with Crippen LogP contribution in [0.1, 0.15) is 21.7 Å². The number of aryl methyl sites for hydroxylation is 2. The maximum atomic E-state index is 10.9. The van der Waals surface area contributed by atoms with Crippen molar-refractivity contribution in [3.8, 4) is 11.1 Å². The number of carbonyl (C=O) groups excluding carboxylic acids is 1. The van der Waals surface area contributed by atoms with Crippen molar-refractivity contribution in [3.05, 3.63) is 59.4 Å². The zero-order valence-electron chi connectivity index (χ0n) is 10.9. The number of rotatable bonds is 2. The molecule has 0 fully saturated rings. The minimum Gasteiger partial charge on any atom is -0.453 e. The molecule has 1 aromatic heterocycles. The highest BCUT2D eigenvalue weighted by atomic mass is 16.3. The van der Waals surface area contributed by atoms with Crippen LogP contribution in [0, 0.1) is 13.8 Å². The Morgan fingerprint density at radius 2 is 1.63 bits per heavy atom. The van der Waals surface area contributed by atoms with Gasteiger partial charge in [0, 0.05) is 10.9 Å². The van der Waals surface area contributed by atoms with Crippen LogP contribution in [-0.2, 0) is 0 Å². The normalized spacial score (nSPS) is 10.8. The van der Waals surface area contributed by atoms with E-state index >= 15 is 0 Å². The van der Waals surface area contributed by atoms with Crippen LogP contribution >= 0.6 is 0 Å². The van der Waals surface area contributed by atoms with Crippen LogP contribution in [0.15, 0.2) is 46.9 Å². The fourth-order valence-electron chi connectivity index (χ4n) is 2.28. The summed E-state index contributed by atoms with van der Waals surface area (Å²) in [6, 6.07) is 14.4. The number of hydrogen-bond acceptors (Lipinski definition) is 2. The Balaban J connectivity index is 2.16. The topological polar surface area (TPSA) is 30.2 Å². The maximum Gasteiger partial charge on any atom is 0.185 e. The van der Waals surface area contributed by atoms with E-state index in [-0.39, 0.29) is 0 Å². The van der Waals surface area contributed by atoms with Crippen LogP contribution in [0.4, 0.5) is 0 Å². The van der Waals surface area contributed by atoms with Crippen LogP contribution in [0.5, 0.6) is 0 Å². The highest BCUT2D eigenvalue weighted by Crippen LogP contribution is 2.29. The summed E-state index contributed by atoms with van der Waals surface area (Å²) in [7, 11) is 0. The lowest BCUT2D eigenvalue weighted by atomic mass is 10.0. The Hall–Kier alpha value is -2.35. The molecule has 19 heavy (non-hydrogen) atoms. The molecular weight excluding hydrogens is 236 g/mol. The Morgan fingerprint density at radius 1 is 0.947 bits per heavy atom. The molecule has 0 N–H and O–H groups in total. The molecule has 3 rings (SSSR count). The molecule has 94 valence electrons. The van der Waals surface area contributed by atoms with Crippen molar-refractivity contribution in [2.75, 3.05) is 0 Å². The van der Waals surface area contributed by atoms with E-state index in [4.69, 9.17) is 4.42 Å². The molecule has 0 bridgehead atoms. The van der Waals surface area contributed by atoms with Gasteiger partial charge in [0.1, 0.15) is 5.58 Å². The number of furan rings is 1. The standard InChI is InChI=1S/C17H14O2/c1-11-3-5-13(6-4-11)14-7-8-15-12(2)17(10-18)19-16(15)9-14/h3-10H,1-2H3. The molecular formula is C17H14O2. The van der Waals surface area contributed by atoms with E-state index in [0.29, 0.717) is 5.76 Å². The second kappa shape index (κ2) is 4.39. The van der Waals surface area contributed by atoms with Gasteiger partial charge in [-0.25, -0.2) is 0 Å². The van der Waals surface area contributed by atoms with Crippen molar-refractivity contribution in [2.24, 2.45) is 0 Å². The van der Waals surface area contributed by atoms with E-state index < -0.39 is 0 Å². The zero-order valence-corrected chi connectivity index (χ0v) is 10.9. The fourth-order valence-corrected chi connectivity index (χ4v) is 2.28.